The molecule has 0 bridgehead atoms. The maximum Gasteiger partial charge on any atom is 0.149 e. The first-order valence-corrected chi connectivity index (χ1v) is 5.65. The fraction of sp³-hybridized carbons (Fsp3) is 0.889. The summed E-state index contributed by atoms with van der Waals surface area (Å²) < 4.78 is 0. The van der Waals surface area contributed by atoms with E-state index >= 15 is 0 Å². The number of carbonyl (C=O) groups is 1. The number of hydrogen-bond donors (Lipinski definition) is 1. The Morgan fingerprint density at radius 3 is 2.08 bits per heavy atom. The number of nitrogens with one attached hydrogen (secondary N) is 1. The highest BCUT2D eigenvalue weighted by molar-refractivity contribution is 7.98. The topological polar surface area (TPSA) is 29.1 Å². The van der Waals surface area contributed by atoms with E-state index in [-0.39, 0.29) is 13.1 Å². The number of rotatable bonds is 4. The Hall–Kier alpha value is -0.0200. The van der Waals surface area contributed by atoms with Gasteiger partial charge in [-0.2, -0.15) is 11.8 Å². The van der Waals surface area contributed by atoms with Crippen LogP contribution in [-0.4, -0.2) is 31.4 Å². The van der Waals surface area contributed by atoms with Gasteiger partial charge in [-0.05, 0) is 19.1 Å². The number of ketones is 1. The van der Waals surface area contributed by atoms with E-state index in [1.54, 1.807) is 7.05 Å². The number of hydrogen-bond acceptors (Lipinski definition) is 3. The van der Waals surface area contributed by atoms with Crippen LogP contribution in [0.4, 0.5) is 0 Å². The SMILES string of the molecule is CCSC.CNCC(=O)C(C)C.[HH]. The first-order valence-electron chi connectivity index (χ1n) is 4.26. The molecule has 0 saturated heterocycles. The van der Waals surface area contributed by atoms with E-state index in [1.165, 1.54) is 5.75 Å². The van der Waals surface area contributed by atoms with Crippen molar-refractivity contribution < 1.29 is 6.22 Å². The minimum absolute atomic E-state index is 0. The van der Waals surface area contributed by atoms with Gasteiger partial charge in [0.05, 0.1) is 6.54 Å². The Labute approximate surface area is 82.0 Å². The van der Waals surface area contributed by atoms with Gasteiger partial charge in [-0.15, -0.1) is 0 Å². The lowest BCUT2D eigenvalue weighted by molar-refractivity contribution is -0.120. The van der Waals surface area contributed by atoms with Crippen LogP contribution in [0.3, 0.4) is 0 Å². The molecule has 3 heteroatoms. The van der Waals surface area contributed by atoms with Crippen molar-refractivity contribution in [3.63, 3.8) is 0 Å². The molecule has 0 fully saturated rings. The number of Topliss-reactive ketones (excluding diaryl/α,β-unsaturated/α-hetero) is 1. The molecule has 0 aromatic rings. The Morgan fingerprint density at radius 1 is 1.58 bits per heavy atom. The minimum Gasteiger partial charge on any atom is -0.313 e. The molecular weight excluding hydrogens is 170 g/mol. The quantitative estimate of drug-likeness (QED) is 0.741. The molecule has 0 aliphatic heterocycles. The van der Waals surface area contributed by atoms with Crippen molar-refractivity contribution >= 4 is 17.5 Å². The van der Waals surface area contributed by atoms with Gasteiger partial charge in [0.2, 0.25) is 0 Å². The highest BCUT2D eigenvalue weighted by Crippen LogP contribution is 1.90. The second-order valence-electron chi connectivity index (χ2n) is 2.73. The van der Waals surface area contributed by atoms with Crippen molar-refractivity contribution in [3.05, 3.63) is 0 Å². The molecule has 2 nitrogen and oxygen atoms in total. The zero-order valence-electron chi connectivity index (χ0n) is 8.81. The predicted molar refractivity (Wildman–Crippen MR) is 59.9 cm³/mol. The Morgan fingerprint density at radius 2 is 2.00 bits per heavy atom. The summed E-state index contributed by atoms with van der Waals surface area (Å²) in [6, 6.07) is 0. The van der Waals surface area contributed by atoms with Crippen LogP contribution in [0.2, 0.25) is 0 Å². The molecule has 0 spiro atoms. The number of thioether (sulfide) groups is 1. The van der Waals surface area contributed by atoms with Crippen LogP contribution in [0.1, 0.15) is 22.2 Å². The summed E-state index contributed by atoms with van der Waals surface area (Å²) in [6.07, 6.45) is 2.10. The Bertz CT molecular complexity index is 108. The molecule has 0 amide bonds. The van der Waals surface area contributed by atoms with E-state index in [1.807, 2.05) is 25.6 Å². The van der Waals surface area contributed by atoms with Gasteiger partial charge in [0.25, 0.3) is 0 Å². The van der Waals surface area contributed by atoms with E-state index in [4.69, 9.17) is 0 Å². The fourth-order valence-corrected chi connectivity index (χ4v) is 0.378. The third-order valence-corrected chi connectivity index (χ3v) is 1.86. The molecule has 0 aromatic carbocycles. The fourth-order valence-electron chi connectivity index (χ4n) is 0.378. The smallest absolute Gasteiger partial charge is 0.149 e. The van der Waals surface area contributed by atoms with E-state index in [0.717, 1.165) is 0 Å². The van der Waals surface area contributed by atoms with Crippen molar-refractivity contribution in [1.82, 2.24) is 5.32 Å². The second-order valence-corrected chi connectivity index (χ2v) is 3.88. The van der Waals surface area contributed by atoms with Gasteiger partial charge in [-0.3, -0.25) is 4.79 Å². The summed E-state index contributed by atoms with van der Waals surface area (Å²) in [7, 11) is 1.78. The van der Waals surface area contributed by atoms with Crippen LogP contribution >= 0.6 is 11.8 Å². The van der Waals surface area contributed by atoms with Crippen LogP contribution in [0.15, 0.2) is 0 Å². The molecule has 0 rings (SSSR count). The first-order chi connectivity index (χ1) is 5.59. The zero-order chi connectivity index (χ0) is 9.98. The lowest BCUT2D eigenvalue weighted by atomic mass is 10.1. The van der Waals surface area contributed by atoms with Crippen molar-refractivity contribution in [2.45, 2.75) is 20.8 Å². The molecule has 0 saturated carbocycles. The summed E-state index contributed by atoms with van der Waals surface area (Å²) >= 11 is 1.86. The minimum atomic E-state index is 0. The van der Waals surface area contributed by atoms with E-state index < -0.39 is 0 Å². The highest BCUT2D eigenvalue weighted by atomic mass is 32.2. The van der Waals surface area contributed by atoms with E-state index in [9.17, 15) is 4.79 Å². The standard InChI is InChI=1S/C6H13NO.C3H8S.H2/c1-5(2)6(8)4-7-3;1-3-4-2;/h5,7H,4H2,1-3H3;3H2,1-2H3;1H. The van der Waals surface area contributed by atoms with Crippen LogP contribution in [0.5, 0.6) is 0 Å². The highest BCUT2D eigenvalue weighted by Gasteiger charge is 2.03. The summed E-state index contributed by atoms with van der Waals surface area (Å²) in [5.74, 6) is 1.68. The maximum atomic E-state index is 10.7. The molecular formula is C9H23NOS. The average molecular weight is 193 g/mol. The molecule has 0 atom stereocenters. The zero-order valence-corrected chi connectivity index (χ0v) is 9.62. The second kappa shape index (κ2) is 11.0. The Balaban J connectivity index is -0.000000173. The van der Waals surface area contributed by atoms with Gasteiger partial charge in [-0.25, -0.2) is 0 Å². The lowest BCUT2D eigenvalue weighted by Gasteiger charge is -2.00. The van der Waals surface area contributed by atoms with Crippen molar-refractivity contribution in [3.8, 4) is 0 Å². The van der Waals surface area contributed by atoms with Crippen LogP contribution < -0.4 is 5.32 Å². The summed E-state index contributed by atoms with van der Waals surface area (Å²) in [6.45, 7) is 6.45. The monoisotopic (exact) mass is 193 g/mol. The molecule has 0 aliphatic rings. The molecule has 0 unspecified atom stereocenters. The van der Waals surface area contributed by atoms with Gasteiger partial charge < -0.3 is 5.32 Å². The maximum absolute atomic E-state index is 10.7. The van der Waals surface area contributed by atoms with E-state index in [0.29, 0.717) is 6.54 Å². The van der Waals surface area contributed by atoms with Crippen LogP contribution in [0.25, 0.3) is 0 Å². The van der Waals surface area contributed by atoms with Gasteiger partial charge in [0.1, 0.15) is 5.78 Å². The third kappa shape index (κ3) is 12.6. The van der Waals surface area contributed by atoms with Crippen molar-refractivity contribution in [2.75, 3.05) is 25.6 Å². The molecule has 0 heterocycles. The summed E-state index contributed by atoms with van der Waals surface area (Å²) in [4.78, 5) is 10.7. The molecule has 0 aliphatic carbocycles. The normalized spacial score (nSPS) is 9.17. The van der Waals surface area contributed by atoms with Crippen molar-refractivity contribution in [2.24, 2.45) is 5.92 Å². The third-order valence-electron chi connectivity index (χ3n) is 1.28. The average Bonchev–Trinajstić information content (AvgIpc) is 2.05. The van der Waals surface area contributed by atoms with Crippen molar-refractivity contribution in [1.29, 1.82) is 0 Å². The molecule has 0 radical (unpaired) electrons. The van der Waals surface area contributed by atoms with Gasteiger partial charge in [0.15, 0.2) is 0 Å². The lowest BCUT2D eigenvalue weighted by Crippen LogP contribution is -2.22. The molecule has 76 valence electrons. The molecule has 12 heavy (non-hydrogen) atoms. The van der Waals surface area contributed by atoms with E-state index in [2.05, 4.69) is 18.5 Å². The number of likely N-dealkylation sites (N-methyl/N-ethyl adjacent to an activating group) is 1. The van der Waals surface area contributed by atoms with Gasteiger partial charge in [-0.1, -0.05) is 20.8 Å². The summed E-state index contributed by atoms with van der Waals surface area (Å²) in [5, 5.41) is 2.80. The van der Waals surface area contributed by atoms with Crippen LogP contribution in [-0.2, 0) is 4.79 Å². The van der Waals surface area contributed by atoms with Crippen LogP contribution in [0, 0.1) is 5.92 Å². The Kier molecular flexibility index (Phi) is 13.3. The first kappa shape index (κ1) is 14.5. The molecule has 0 aromatic heterocycles. The van der Waals surface area contributed by atoms with Gasteiger partial charge in [0, 0.05) is 7.34 Å². The summed E-state index contributed by atoms with van der Waals surface area (Å²) in [5.41, 5.74) is 0. The molecule has 1 N–H and O–H groups in total. The van der Waals surface area contributed by atoms with Gasteiger partial charge >= 0.3 is 0 Å². The largest absolute Gasteiger partial charge is 0.313 e. The number of carbonyl (C=O) groups excluding carboxylic acids is 1. The predicted octanol–water partition coefficient (Wildman–Crippen LogP) is 2.05.